The lowest BCUT2D eigenvalue weighted by molar-refractivity contribution is 0.0952. The summed E-state index contributed by atoms with van der Waals surface area (Å²) in [5, 5.41) is 2.93. The Balaban J connectivity index is 2.50. The van der Waals surface area contributed by atoms with Gasteiger partial charge >= 0.3 is 0 Å². The van der Waals surface area contributed by atoms with Gasteiger partial charge in [-0.25, -0.2) is 0 Å². The highest BCUT2D eigenvalue weighted by Crippen LogP contribution is 2.12. The van der Waals surface area contributed by atoms with Gasteiger partial charge in [-0.15, -0.1) is 0 Å². The molecule has 0 saturated heterocycles. The molecule has 1 unspecified atom stereocenters. The topological polar surface area (TPSA) is 55.1 Å². The molecular formula is C14H22N2O. The predicted molar refractivity (Wildman–Crippen MR) is 71.1 cm³/mol. The average Bonchev–Trinajstić information content (AvgIpc) is 2.27. The highest BCUT2D eigenvalue weighted by atomic mass is 16.1. The lowest BCUT2D eigenvalue weighted by Gasteiger charge is -2.10. The molecule has 0 radical (unpaired) electrons. The molecular weight excluding hydrogens is 212 g/mol. The molecule has 0 fully saturated rings. The summed E-state index contributed by atoms with van der Waals surface area (Å²) in [7, 11) is 0. The van der Waals surface area contributed by atoms with Crippen LogP contribution in [0.2, 0.25) is 0 Å². The number of benzene rings is 1. The first kappa shape index (κ1) is 13.7. The fourth-order valence-corrected chi connectivity index (χ4v) is 1.72. The Morgan fingerprint density at radius 1 is 1.41 bits per heavy atom. The minimum atomic E-state index is 0.0101. The van der Waals surface area contributed by atoms with Crippen LogP contribution < -0.4 is 11.1 Å². The molecule has 1 aromatic rings. The number of amides is 1. The third-order valence-corrected chi connectivity index (χ3v) is 2.97. The molecule has 3 nitrogen and oxygen atoms in total. The van der Waals surface area contributed by atoms with Crippen LogP contribution >= 0.6 is 0 Å². The summed E-state index contributed by atoms with van der Waals surface area (Å²) in [5.41, 5.74) is 8.62. The third kappa shape index (κ3) is 4.19. The van der Waals surface area contributed by atoms with Gasteiger partial charge in [0.1, 0.15) is 0 Å². The third-order valence-electron chi connectivity index (χ3n) is 2.97. The van der Waals surface area contributed by atoms with Gasteiger partial charge in [0.05, 0.1) is 0 Å². The molecule has 0 spiro atoms. The summed E-state index contributed by atoms with van der Waals surface area (Å²) >= 11 is 0. The van der Waals surface area contributed by atoms with E-state index in [2.05, 4.69) is 5.32 Å². The summed E-state index contributed by atoms with van der Waals surface area (Å²) < 4.78 is 0. The molecule has 1 amide bonds. The van der Waals surface area contributed by atoms with Gasteiger partial charge in [-0.05, 0) is 50.8 Å². The Hall–Kier alpha value is -1.35. The molecule has 0 aliphatic rings. The van der Waals surface area contributed by atoms with Gasteiger partial charge < -0.3 is 11.1 Å². The maximum Gasteiger partial charge on any atom is 0.251 e. The van der Waals surface area contributed by atoms with E-state index in [1.807, 2.05) is 39.0 Å². The lowest BCUT2D eigenvalue weighted by Crippen LogP contribution is -2.26. The van der Waals surface area contributed by atoms with Crippen LogP contribution in [-0.4, -0.2) is 18.5 Å². The largest absolute Gasteiger partial charge is 0.352 e. The molecule has 94 valence electrons. The molecule has 17 heavy (non-hydrogen) atoms. The fraction of sp³-hybridized carbons (Fsp3) is 0.500. The van der Waals surface area contributed by atoms with Crippen molar-refractivity contribution in [3.05, 3.63) is 34.9 Å². The molecule has 0 bridgehead atoms. The maximum atomic E-state index is 11.9. The van der Waals surface area contributed by atoms with Crippen LogP contribution in [0.4, 0.5) is 0 Å². The first-order valence-corrected chi connectivity index (χ1v) is 6.12. The van der Waals surface area contributed by atoms with Crippen LogP contribution in [-0.2, 0) is 0 Å². The van der Waals surface area contributed by atoms with Crippen LogP contribution in [0, 0.1) is 13.8 Å². The number of carbonyl (C=O) groups excluding carboxylic acids is 1. The number of nitrogens with one attached hydrogen (secondary N) is 1. The molecule has 0 aromatic heterocycles. The number of carbonyl (C=O) groups is 1. The predicted octanol–water partition coefficient (Wildman–Crippen LogP) is 2.16. The second-order valence-electron chi connectivity index (χ2n) is 4.62. The molecule has 1 rings (SSSR count). The number of nitrogens with two attached hydrogens (primary N) is 1. The number of hydrogen-bond donors (Lipinski definition) is 2. The molecule has 0 heterocycles. The molecule has 1 atom stereocenters. The van der Waals surface area contributed by atoms with Crippen molar-refractivity contribution in [3.8, 4) is 0 Å². The number of hydrogen-bond acceptors (Lipinski definition) is 2. The van der Waals surface area contributed by atoms with Gasteiger partial charge in [0, 0.05) is 18.2 Å². The van der Waals surface area contributed by atoms with Gasteiger partial charge in [-0.3, -0.25) is 4.79 Å². The van der Waals surface area contributed by atoms with Gasteiger partial charge in [0.2, 0.25) is 0 Å². The minimum Gasteiger partial charge on any atom is -0.352 e. The zero-order valence-corrected chi connectivity index (χ0v) is 10.9. The van der Waals surface area contributed by atoms with Gasteiger partial charge in [0.25, 0.3) is 5.91 Å². The minimum absolute atomic E-state index is 0.0101. The second kappa shape index (κ2) is 6.40. The van der Waals surface area contributed by atoms with Gasteiger partial charge in [-0.1, -0.05) is 12.1 Å². The van der Waals surface area contributed by atoms with E-state index in [9.17, 15) is 4.79 Å². The van der Waals surface area contributed by atoms with E-state index in [1.54, 1.807) is 0 Å². The van der Waals surface area contributed by atoms with Crippen molar-refractivity contribution in [1.82, 2.24) is 5.32 Å². The van der Waals surface area contributed by atoms with E-state index < -0.39 is 0 Å². The average molecular weight is 234 g/mol. The normalized spacial score (nSPS) is 12.2. The van der Waals surface area contributed by atoms with Crippen LogP contribution in [0.25, 0.3) is 0 Å². The van der Waals surface area contributed by atoms with Crippen LogP contribution in [0.5, 0.6) is 0 Å². The molecule has 0 aliphatic heterocycles. The van der Waals surface area contributed by atoms with Crippen LogP contribution in [0.15, 0.2) is 18.2 Å². The molecule has 0 saturated carbocycles. The zero-order chi connectivity index (χ0) is 12.8. The van der Waals surface area contributed by atoms with Crippen molar-refractivity contribution in [2.24, 2.45) is 5.73 Å². The lowest BCUT2D eigenvalue weighted by atomic mass is 10.0. The maximum absolute atomic E-state index is 11.9. The Bertz CT molecular complexity index is 386. The zero-order valence-electron chi connectivity index (χ0n) is 10.9. The summed E-state index contributed by atoms with van der Waals surface area (Å²) in [6.45, 7) is 6.66. The highest BCUT2D eigenvalue weighted by Gasteiger charge is 2.09. The summed E-state index contributed by atoms with van der Waals surface area (Å²) in [5.74, 6) is 0.0101. The van der Waals surface area contributed by atoms with E-state index in [-0.39, 0.29) is 11.9 Å². The molecule has 3 heteroatoms. The van der Waals surface area contributed by atoms with E-state index in [0.717, 1.165) is 29.5 Å². The first-order valence-electron chi connectivity index (χ1n) is 6.12. The fourth-order valence-electron chi connectivity index (χ4n) is 1.72. The standard InChI is InChI=1S/C14H22N2O/c1-10-6-4-8-13(12(10)3)14(17)16-9-5-7-11(2)15/h4,6,8,11H,5,7,9,15H2,1-3H3,(H,16,17). The number of rotatable bonds is 5. The number of aryl methyl sites for hydroxylation is 1. The summed E-state index contributed by atoms with van der Waals surface area (Å²) in [6.07, 6.45) is 1.86. The molecule has 3 N–H and O–H groups in total. The van der Waals surface area contributed by atoms with E-state index in [4.69, 9.17) is 5.73 Å². The van der Waals surface area contributed by atoms with Gasteiger partial charge in [0.15, 0.2) is 0 Å². The Kier molecular flexibility index (Phi) is 5.16. The quantitative estimate of drug-likeness (QED) is 0.767. The van der Waals surface area contributed by atoms with Crippen LogP contribution in [0.3, 0.4) is 0 Å². The van der Waals surface area contributed by atoms with Crippen LogP contribution in [0.1, 0.15) is 41.3 Å². The van der Waals surface area contributed by atoms with Crippen molar-refractivity contribution >= 4 is 5.91 Å². The Morgan fingerprint density at radius 2 is 2.12 bits per heavy atom. The van der Waals surface area contributed by atoms with E-state index in [1.165, 1.54) is 0 Å². The van der Waals surface area contributed by atoms with Crippen molar-refractivity contribution in [1.29, 1.82) is 0 Å². The highest BCUT2D eigenvalue weighted by molar-refractivity contribution is 5.95. The van der Waals surface area contributed by atoms with Crippen molar-refractivity contribution in [2.75, 3.05) is 6.54 Å². The first-order chi connectivity index (χ1) is 8.02. The smallest absolute Gasteiger partial charge is 0.251 e. The Morgan fingerprint density at radius 3 is 2.76 bits per heavy atom. The van der Waals surface area contributed by atoms with Crippen molar-refractivity contribution in [2.45, 2.75) is 39.7 Å². The molecule has 1 aromatic carbocycles. The SMILES string of the molecule is Cc1cccc(C(=O)NCCCC(C)N)c1C. The second-order valence-corrected chi connectivity index (χ2v) is 4.62. The van der Waals surface area contributed by atoms with Gasteiger partial charge in [-0.2, -0.15) is 0 Å². The van der Waals surface area contributed by atoms with E-state index >= 15 is 0 Å². The summed E-state index contributed by atoms with van der Waals surface area (Å²) in [4.78, 5) is 11.9. The Labute approximate surface area is 103 Å². The van der Waals surface area contributed by atoms with E-state index in [0.29, 0.717) is 6.54 Å². The monoisotopic (exact) mass is 234 g/mol. The van der Waals surface area contributed by atoms with Crippen molar-refractivity contribution < 1.29 is 4.79 Å². The summed E-state index contributed by atoms with van der Waals surface area (Å²) in [6, 6.07) is 6.00. The van der Waals surface area contributed by atoms with Crippen molar-refractivity contribution in [3.63, 3.8) is 0 Å². The molecule has 0 aliphatic carbocycles.